The van der Waals surface area contributed by atoms with Gasteiger partial charge < -0.3 is 11.1 Å². The topological polar surface area (TPSA) is 89.3 Å². The van der Waals surface area contributed by atoms with Crippen LogP contribution in [-0.4, -0.2) is 25.8 Å². The van der Waals surface area contributed by atoms with Crippen LogP contribution in [-0.2, 0) is 14.6 Å². The molecule has 1 aliphatic rings. The zero-order valence-electron chi connectivity index (χ0n) is 10.1. The number of carbonyl (C=O) groups is 1. The van der Waals surface area contributed by atoms with Gasteiger partial charge in [-0.3, -0.25) is 4.79 Å². The predicted octanol–water partition coefficient (Wildman–Crippen LogP) is 0.950. The highest BCUT2D eigenvalue weighted by Gasteiger charge is 2.32. The summed E-state index contributed by atoms with van der Waals surface area (Å²) in [5.74, 6) is -0.654. The van der Waals surface area contributed by atoms with E-state index in [1.54, 1.807) is 12.1 Å². The van der Waals surface area contributed by atoms with E-state index in [4.69, 9.17) is 5.73 Å². The van der Waals surface area contributed by atoms with Gasteiger partial charge in [-0.25, -0.2) is 8.42 Å². The van der Waals surface area contributed by atoms with Gasteiger partial charge in [0.25, 0.3) is 0 Å². The Hall–Kier alpha value is -1.56. The number of nitrogen functional groups attached to an aromatic ring is 1. The van der Waals surface area contributed by atoms with Crippen molar-refractivity contribution in [1.82, 2.24) is 0 Å². The summed E-state index contributed by atoms with van der Waals surface area (Å²) in [6, 6.07) is 5.25. The highest BCUT2D eigenvalue weighted by Crippen LogP contribution is 2.22. The first kappa shape index (κ1) is 12.9. The summed E-state index contributed by atoms with van der Waals surface area (Å²) in [4.78, 5) is 11.9. The number of amides is 1. The van der Waals surface area contributed by atoms with Crippen molar-refractivity contribution in [1.29, 1.82) is 0 Å². The second kappa shape index (κ2) is 4.61. The van der Waals surface area contributed by atoms with E-state index in [1.807, 2.05) is 13.0 Å². The Morgan fingerprint density at radius 2 is 2.17 bits per heavy atom. The summed E-state index contributed by atoms with van der Waals surface area (Å²) >= 11 is 0. The molecule has 3 N–H and O–H groups in total. The number of hydrogen-bond donors (Lipinski definition) is 2. The molecule has 1 saturated heterocycles. The third-order valence-electron chi connectivity index (χ3n) is 3.15. The van der Waals surface area contributed by atoms with Crippen LogP contribution in [0.5, 0.6) is 0 Å². The van der Waals surface area contributed by atoms with Crippen LogP contribution >= 0.6 is 0 Å². The molecule has 1 unspecified atom stereocenters. The quantitative estimate of drug-likeness (QED) is 0.781. The molecule has 1 atom stereocenters. The number of sulfone groups is 1. The Balaban J connectivity index is 2.06. The number of anilines is 2. The number of hydrogen-bond acceptors (Lipinski definition) is 4. The van der Waals surface area contributed by atoms with E-state index in [0.717, 1.165) is 5.56 Å². The maximum absolute atomic E-state index is 11.9. The molecule has 98 valence electrons. The number of carbonyl (C=O) groups excluding carboxylic acids is 1. The van der Waals surface area contributed by atoms with Crippen molar-refractivity contribution in [2.45, 2.75) is 13.3 Å². The van der Waals surface area contributed by atoms with E-state index >= 15 is 0 Å². The molecule has 0 aromatic heterocycles. The van der Waals surface area contributed by atoms with E-state index < -0.39 is 15.8 Å². The molecular weight excluding hydrogens is 252 g/mol. The summed E-state index contributed by atoms with van der Waals surface area (Å²) in [6.45, 7) is 1.88. The van der Waals surface area contributed by atoms with E-state index in [0.29, 0.717) is 17.8 Å². The van der Waals surface area contributed by atoms with Gasteiger partial charge in [0.1, 0.15) is 0 Å². The molecule has 5 nitrogen and oxygen atoms in total. The molecule has 1 heterocycles. The van der Waals surface area contributed by atoms with Crippen molar-refractivity contribution in [3.63, 3.8) is 0 Å². The monoisotopic (exact) mass is 268 g/mol. The Labute approximate surface area is 106 Å². The van der Waals surface area contributed by atoms with E-state index in [2.05, 4.69) is 5.32 Å². The van der Waals surface area contributed by atoms with Crippen molar-refractivity contribution in [3.05, 3.63) is 23.8 Å². The minimum atomic E-state index is -3.03. The third-order valence-corrected chi connectivity index (χ3v) is 4.92. The van der Waals surface area contributed by atoms with Crippen molar-refractivity contribution in [2.24, 2.45) is 5.92 Å². The lowest BCUT2D eigenvalue weighted by molar-refractivity contribution is -0.119. The summed E-state index contributed by atoms with van der Waals surface area (Å²) in [5.41, 5.74) is 7.89. The van der Waals surface area contributed by atoms with Crippen LogP contribution in [0.2, 0.25) is 0 Å². The van der Waals surface area contributed by atoms with Crippen molar-refractivity contribution in [2.75, 3.05) is 22.6 Å². The lowest BCUT2D eigenvalue weighted by Gasteiger charge is -2.10. The van der Waals surface area contributed by atoms with Gasteiger partial charge >= 0.3 is 0 Å². The molecule has 1 aliphatic heterocycles. The van der Waals surface area contributed by atoms with Crippen molar-refractivity contribution < 1.29 is 13.2 Å². The number of nitrogens with two attached hydrogens (primary N) is 1. The first-order chi connectivity index (χ1) is 8.37. The summed E-state index contributed by atoms with van der Waals surface area (Å²) in [7, 11) is -3.03. The van der Waals surface area contributed by atoms with Gasteiger partial charge in [0.05, 0.1) is 17.4 Å². The molecule has 1 aromatic carbocycles. The molecule has 18 heavy (non-hydrogen) atoms. The minimum absolute atomic E-state index is 0.0554. The standard InChI is InChI=1S/C12H16N2O3S/c1-8-2-3-10(6-11(8)13)14-12(15)9-4-5-18(16,17)7-9/h2-3,6,9H,4-5,7,13H2,1H3,(H,14,15). The van der Waals surface area contributed by atoms with Gasteiger partial charge in [-0.1, -0.05) is 6.07 Å². The second-order valence-corrected chi connectivity index (χ2v) is 6.89. The Morgan fingerprint density at radius 3 is 2.72 bits per heavy atom. The fraction of sp³-hybridized carbons (Fsp3) is 0.417. The van der Waals surface area contributed by atoms with Gasteiger partial charge in [0.2, 0.25) is 5.91 Å². The number of rotatable bonds is 2. The zero-order valence-corrected chi connectivity index (χ0v) is 11.0. The van der Waals surface area contributed by atoms with Crippen molar-refractivity contribution in [3.8, 4) is 0 Å². The fourth-order valence-electron chi connectivity index (χ4n) is 1.96. The number of nitrogens with one attached hydrogen (secondary N) is 1. The first-order valence-corrected chi connectivity index (χ1v) is 7.57. The van der Waals surface area contributed by atoms with Crippen LogP contribution in [0, 0.1) is 12.8 Å². The van der Waals surface area contributed by atoms with Gasteiger partial charge in [-0.05, 0) is 31.0 Å². The Morgan fingerprint density at radius 1 is 1.44 bits per heavy atom. The van der Waals surface area contributed by atoms with Crippen LogP contribution in [0.1, 0.15) is 12.0 Å². The normalized spacial score (nSPS) is 21.7. The highest BCUT2D eigenvalue weighted by atomic mass is 32.2. The summed E-state index contributed by atoms with van der Waals surface area (Å²) < 4.78 is 22.6. The molecule has 2 rings (SSSR count). The highest BCUT2D eigenvalue weighted by molar-refractivity contribution is 7.91. The smallest absolute Gasteiger partial charge is 0.228 e. The molecular formula is C12H16N2O3S. The SMILES string of the molecule is Cc1ccc(NC(=O)C2CCS(=O)(=O)C2)cc1N. The Kier molecular flexibility index (Phi) is 3.30. The molecule has 1 aromatic rings. The zero-order chi connectivity index (χ0) is 13.3. The van der Waals surface area contributed by atoms with Crippen LogP contribution in [0.15, 0.2) is 18.2 Å². The predicted molar refractivity (Wildman–Crippen MR) is 71.0 cm³/mol. The first-order valence-electron chi connectivity index (χ1n) is 5.75. The Bertz CT molecular complexity index is 581. The molecule has 0 spiro atoms. The van der Waals surface area contributed by atoms with Crippen LogP contribution in [0.3, 0.4) is 0 Å². The van der Waals surface area contributed by atoms with Gasteiger partial charge in [0.15, 0.2) is 9.84 Å². The van der Waals surface area contributed by atoms with Gasteiger partial charge in [-0.15, -0.1) is 0 Å². The van der Waals surface area contributed by atoms with E-state index in [9.17, 15) is 13.2 Å². The maximum Gasteiger partial charge on any atom is 0.228 e. The molecule has 1 amide bonds. The molecule has 1 fully saturated rings. The molecule has 0 bridgehead atoms. The summed E-state index contributed by atoms with van der Waals surface area (Å²) in [6.07, 6.45) is 0.398. The average molecular weight is 268 g/mol. The van der Waals surface area contributed by atoms with E-state index in [1.165, 1.54) is 0 Å². The van der Waals surface area contributed by atoms with Crippen LogP contribution in [0.4, 0.5) is 11.4 Å². The summed E-state index contributed by atoms with van der Waals surface area (Å²) in [5, 5.41) is 2.71. The molecule has 0 saturated carbocycles. The number of benzene rings is 1. The van der Waals surface area contributed by atoms with Crippen LogP contribution < -0.4 is 11.1 Å². The second-order valence-electron chi connectivity index (χ2n) is 4.66. The van der Waals surface area contributed by atoms with Crippen molar-refractivity contribution >= 4 is 27.1 Å². The van der Waals surface area contributed by atoms with Gasteiger partial charge in [-0.2, -0.15) is 0 Å². The van der Waals surface area contributed by atoms with E-state index in [-0.39, 0.29) is 17.4 Å². The fourth-order valence-corrected chi connectivity index (χ4v) is 3.71. The molecule has 0 aliphatic carbocycles. The third kappa shape index (κ3) is 2.81. The molecule has 6 heteroatoms. The lowest BCUT2D eigenvalue weighted by Crippen LogP contribution is -2.23. The lowest BCUT2D eigenvalue weighted by atomic mass is 10.1. The van der Waals surface area contributed by atoms with Gasteiger partial charge in [0, 0.05) is 11.4 Å². The minimum Gasteiger partial charge on any atom is -0.398 e. The molecule has 0 radical (unpaired) electrons. The largest absolute Gasteiger partial charge is 0.398 e. The number of aryl methyl sites for hydroxylation is 1. The maximum atomic E-state index is 11.9. The van der Waals surface area contributed by atoms with Crippen LogP contribution in [0.25, 0.3) is 0 Å². The average Bonchev–Trinajstić information content (AvgIpc) is 2.64.